The Morgan fingerprint density at radius 3 is 2.86 bits per heavy atom. The summed E-state index contributed by atoms with van der Waals surface area (Å²) in [7, 11) is 0. The topological polar surface area (TPSA) is 91.3 Å². The van der Waals surface area contributed by atoms with Gasteiger partial charge in [-0.05, 0) is 62.9 Å². The molecule has 2 unspecified atom stereocenters. The van der Waals surface area contributed by atoms with E-state index in [1.807, 2.05) is 12.3 Å². The van der Waals surface area contributed by atoms with Gasteiger partial charge in [-0.3, -0.25) is 4.99 Å². The van der Waals surface area contributed by atoms with Crippen molar-refractivity contribution in [3.8, 4) is 28.3 Å². The molecule has 212 valence electrons. The van der Waals surface area contributed by atoms with Crippen LogP contribution >= 0.6 is 0 Å². The van der Waals surface area contributed by atoms with Gasteiger partial charge < -0.3 is 25.0 Å². The van der Waals surface area contributed by atoms with Crippen LogP contribution in [0.4, 0.5) is 0 Å². The van der Waals surface area contributed by atoms with Crippen LogP contribution in [0.3, 0.4) is 0 Å². The quantitative estimate of drug-likeness (QED) is 0.0936. The minimum absolute atomic E-state index is 0.297. The van der Waals surface area contributed by atoms with E-state index >= 15 is 0 Å². The summed E-state index contributed by atoms with van der Waals surface area (Å²) < 4.78 is 9.12. The third-order valence-corrected chi connectivity index (χ3v) is 8.08. The summed E-state index contributed by atoms with van der Waals surface area (Å²) in [6, 6.07) is 25.9. The van der Waals surface area contributed by atoms with Gasteiger partial charge in [0.05, 0.1) is 41.0 Å². The second-order valence-corrected chi connectivity index (χ2v) is 10.9. The summed E-state index contributed by atoms with van der Waals surface area (Å²) >= 11 is 0. The number of hydrogen-bond acceptors (Lipinski definition) is 6. The minimum Gasteiger partial charge on any atom is -0.465 e. The molecule has 5 aromatic rings. The molecule has 2 aliphatic rings. The predicted octanol–water partition coefficient (Wildman–Crippen LogP) is 6.57. The number of benzene rings is 3. The highest BCUT2D eigenvalue weighted by atomic mass is 16.5. The molecule has 2 aliphatic heterocycles. The van der Waals surface area contributed by atoms with Crippen molar-refractivity contribution in [2.24, 2.45) is 4.99 Å². The van der Waals surface area contributed by atoms with Crippen molar-refractivity contribution in [3.05, 3.63) is 102 Å². The van der Waals surface area contributed by atoms with Gasteiger partial charge in [0.25, 0.3) is 0 Å². The first-order chi connectivity index (χ1) is 20.7. The lowest BCUT2D eigenvalue weighted by atomic mass is 10.0. The van der Waals surface area contributed by atoms with Gasteiger partial charge in [-0.25, -0.2) is 10.4 Å². The van der Waals surface area contributed by atoms with Crippen LogP contribution in [-0.2, 0) is 0 Å². The molecule has 7 rings (SSSR count). The molecule has 0 bridgehead atoms. The fraction of sp³-hybridized carbons (Fsp3) is 0.235. The van der Waals surface area contributed by atoms with Crippen molar-refractivity contribution in [2.45, 2.75) is 38.5 Å². The zero-order valence-corrected chi connectivity index (χ0v) is 23.7. The zero-order valence-electron chi connectivity index (χ0n) is 23.7. The van der Waals surface area contributed by atoms with Crippen molar-refractivity contribution >= 4 is 23.3 Å². The Morgan fingerprint density at radius 2 is 2.05 bits per heavy atom. The Morgan fingerprint density at radius 1 is 1.14 bits per heavy atom. The van der Waals surface area contributed by atoms with Crippen molar-refractivity contribution in [1.29, 1.82) is 0 Å². The molecular weight excluding hydrogens is 522 g/mol. The van der Waals surface area contributed by atoms with Crippen molar-refractivity contribution in [3.63, 3.8) is 0 Å². The second kappa shape index (κ2) is 11.3. The van der Waals surface area contributed by atoms with Gasteiger partial charge in [0, 0.05) is 34.2 Å². The van der Waals surface area contributed by atoms with Crippen molar-refractivity contribution in [2.75, 3.05) is 13.1 Å². The molecule has 2 atom stereocenters. The van der Waals surface area contributed by atoms with Crippen LogP contribution in [-0.4, -0.2) is 34.3 Å². The van der Waals surface area contributed by atoms with Crippen LogP contribution < -0.4 is 20.9 Å². The van der Waals surface area contributed by atoms with E-state index in [0.29, 0.717) is 6.04 Å². The van der Waals surface area contributed by atoms with Crippen LogP contribution in [0.15, 0.2) is 90.2 Å². The average molecular weight is 558 g/mol. The van der Waals surface area contributed by atoms with Crippen LogP contribution in [0.1, 0.15) is 55.4 Å². The predicted molar refractivity (Wildman–Crippen MR) is 169 cm³/mol. The van der Waals surface area contributed by atoms with E-state index in [4.69, 9.17) is 4.74 Å². The molecule has 8 nitrogen and oxygen atoms in total. The normalized spacial score (nSPS) is 18.0. The molecule has 0 amide bonds. The molecule has 1 saturated heterocycles. The Hall–Kier alpha value is -4.66. The fourth-order valence-electron chi connectivity index (χ4n) is 6.00. The lowest BCUT2D eigenvalue weighted by Crippen LogP contribution is -2.30. The highest BCUT2D eigenvalue weighted by molar-refractivity contribution is 5.92. The number of nitrogens with one attached hydrogen (secondary N) is 4. The third kappa shape index (κ3) is 4.78. The highest BCUT2D eigenvalue weighted by Gasteiger charge is 2.29. The molecule has 0 spiro atoms. The number of aromatic nitrogens is 3. The van der Waals surface area contributed by atoms with E-state index in [9.17, 15) is 0 Å². The van der Waals surface area contributed by atoms with Gasteiger partial charge in [0.1, 0.15) is 11.6 Å². The summed E-state index contributed by atoms with van der Waals surface area (Å²) in [6.07, 6.45) is 6.68. The van der Waals surface area contributed by atoms with Crippen LogP contribution in [0.2, 0.25) is 0 Å². The van der Waals surface area contributed by atoms with E-state index in [2.05, 4.69) is 116 Å². The van der Waals surface area contributed by atoms with E-state index in [-0.39, 0.29) is 6.23 Å². The first kappa shape index (κ1) is 26.3. The van der Waals surface area contributed by atoms with Crippen molar-refractivity contribution in [1.82, 2.24) is 30.7 Å². The summed E-state index contributed by atoms with van der Waals surface area (Å²) in [4.78, 5) is 12.3. The smallest absolute Gasteiger partial charge is 0.203 e. The number of aromatic amines is 1. The summed E-state index contributed by atoms with van der Waals surface area (Å²) in [5, 5.41) is 4.65. The number of ether oxygens (including phenoxy) is 1. The lowest BCUT2D eigenvalue weighted by molar-refractivity contribution is 0.173. The molecule has 1 fully saturated rings. The standard InChI is InChI=1S/C34H35N7O/c1-3-15-38-40-29(20-35-2)23-12-14-30-25(17-23)18-31-26-13-11-24(28-21-37-33(39-28)27-10-7-16-36-27)19-32(26)42-34(41(30)31)22-8-5-4-6-9-22/h4-6,8-9,11-14,17-21,27,34,36,38,40H,2-3,7,10,15-16H2,1H3,(H,37,39)/b29-20-. The van der Waals surface area contributed by atoms with Crippen LogP contribution in [0.5, 0.6) is 5.75 Å². The summed E-state index contributed by atoms with van der Waals surface area (Å²) in [5.74, 6) is 1.85. The monoisotopic (exact) mass is 557 g/mol. The Bertz CT molecular complexity index is 1760. The van der Waals surface area contributed by atoms with E-state index < -0.39 is 0 Å². The van der Waals surface area contributed by atoms with E-state index in [1.54, 1.807) is 6.20 Å². The molecule has 42 heavy (non-hydrogen) atoms. The van der Waals surface area contributed by atoms with Crippen molar-refractivity contribution < 1.29 is 4.74 Å². The molecule has 3 aromatic carbocycles. The SMILES string of the molecule is C=N/C=C(\NNCCC)c1ccc2c(c1)cc1n2C(c2ccccc2)Oc2cc(-c3cnc(C4CCCN4)[nH]3)ccc2-1. The Balaban J connectivity index is 1.31. The number of fused-ring (bicyclic) bond motifs is 5. The van der Waals surface area contributed by atoms with Crippen LogP contribution in [0.25, 0.3) is 39.1 Å². The molecule has 0 saturated carbocycles. The van der Waals surface area contributed by atoms with Gasteiger partial charge in [-0.15, -0.1) is 0 Å². The number of rotatable bonds is 9. The molecular formula is C34H35N7O. The zero-order chi connectivity index (χ0) is 28.5. The van der Waals surface area contributed by atoms with Gasteiger partial charge in [0.15, 0.2) is 0 Å². The van der Waals surface area contributed by atoms with Gasteiger partial charge in [0.2, 0.25) is 6.23 Å². The number of imidazole rings is 1. The minimum atomic E-state index is -0.304. The first-order valence-corrected chi connectivity index (χ1v) is 14.7. The summed E-state index contributed by atoms with van der Waals surface area (Å²) in [6.45, 7) is 7.69. The largest absolute Gasteiger partial charge is 0.465 e. The second-order valence-electron chi connectivity index (χ2n) is 10.9. The maximum Gasteiger partial charge on any atom is 0.203 e. The molecule has 0 radical (unpaired) electrons. The van der Waals surface area contributed by atoms with E-state index in [0.717, 1.165) is 87.7 Å². The molecule has 4 heterocycles. The molecule has 4 N–H and O–H groups in total. The maximum absolute atomic E-state index is 6.82. The highest BCUT2D eigenvalue weighted by Crippen LogP contribution is 2.45. The number of aliphatic imine (C=N–C) groups is 1. The lowest BCUT2D eigenvalue weighted by Gasteiger charge is -2.30. The number of nitrogens with zero attached hydrogens (tertiary/aromatic N) is 3. The third-order valence-electron chi connectivity index (χ3n) is 8.08. The Labute approximate surface area is 245 Å². The number of hydrogen-bond donors (Lipinski definition) is 4. The van der Waals surface area contributed by atoms with Crippen LogP contribution in [0, 0.1) is 0 Å². The summed E-state index contributed by atoms with van der Waals surface area (Å²) in [5.41, 5.74) is 14.9. The number of H-pyrrole nitrogens is 1. The van der Waals surface area contributed by atoms with E-state index in [1.165, 1.54) is 6.42 Å². The maximum atomic E-state index is 6.82. The number of hydrazine groups is 1. The van der Waals surface area contributed by atoms with Gasteiger partial charge in [-0.2, -0.15) is 0 Å². The molecule has 8 heteroatoms. The van der Waals surface area contributed by atoms with Gasteiger partial charge in [-0.1, -0.05) is 49.4 Å². The first-order valence-electron chi connectivity index (χ1n) is 14.7. The molecule has 2 aromatic heterocycles. The fourth-order valence-corrected chi connectivity index (χ4v) is 6.00. The van der Waals surface area contributed by atoms with Gasteiger partial charge >= 0.3 is 0 Å². The molecule has 0 aliphatic carbocycles. The average Bonchev–Trinajstić information content (AvgIpc) is 3.80. The Kier molecular flexibility index (Phi) is 7.07.